The van der Waals surface area contributed by atoms with Crippen LogP contribution in [0, 0.1) is 0 Å². The molecule has 0 fully saturated rings. The molecule has 0 aromatic rings. The first kappa shape index (κ1) is 102. The van der Waals surface area contributed by atoms with E-state index in [1.165, 1.54) is 83.5 Å². The zero-order valence-corrected chi connectivity index (χ0v) is 68.3. The molecule has 0 aliphatic carbocycles. The Morgan fingerprint density at radius 3 is 0.813 bits per heavy atom. The molecule has 0 rings (SSSR count). The van der Waals surface area contributed by atoms with Gasteiger partial charge in [-0.05, 0) is 154 Å². The van der Waals surface area contributed by atoms with Gasteiger partial charge in [0.2, 0.25) is 0 Å². The normalized spacial score (nSPS) is 14.9. The molecule has 4 N–H and O–H groups in total. The first-order valence-corrected chi connectivity index (χ1v) is 44.1. The Bertz CT molecular complexity index is 2670. The summed E-state index contributed by atoms with van der Waals surface area (Å²) in [7, 11) is -9.83. The number of phosphoric ester groups is 2. The van der Waals surface area contributed by atoms with Gasteiger partial charge in [0, 0.05) is 19.3 Å². The minimum Gasteiger partial charge on any atom is -0.463 e. The Labute approximate surface area is 649 Å². The van der Waals surface area contributed by atoms with Gasteiger partial charge in [0.25, 0.3) is 0 Å². The lowest BCUT2D eigenvalue weighted by molar-refractivity contribution is -0.161. The van der Waals surface area contributed by atoms with Gasteiger partial charge in [-0.3, -0.25) is 32.5 Å². The number of phosphoric acid groups is 2. The van der Waals surface area contributed by atoms with Crippen molar-refractivity contribution in [2.45, 2.75) is 322 Å². The highest BCUT2D eigenvalue weighted by molar-refractivity contribution is 7.47. The van der Waals surface area contributed by atoms with Gasteiger partial charge in [0.1, 0.15) is 25.4 Å². The highest BCUT2D eigenvalue weighted by atomic mass is 31.2. The molecule has 0 saturated heterocycles. The maximum absolute atomic E-state index is 13.0. The number of rotatable bonds is 76. The van der Waals surface area contributed by atoms with E-state index >= 15 is 0 Å². The van der Waals surface area contributed by atoms with Gasteiger partial charge >= 0.3 is 33.6 Å². The number of allylic oxidation sites excluding steroid dienone is 30. The summed E-state index contributed by atoms with van der Waals surface area (Å²) in [6.45, 7) is 2.32. The van der Waals surface area contributed by atoms with Crippen LogP contribution in [0.15, 0.2) is 182 Å². The number of hydrogen-bond donors (Lipinski definition) is 4. The van der Waals surface area contributed by atoms with Crippen LogP contribution in [0.25, 0.3) is 0 Å². The van der Waals surface area contributed by atoms with E-state index in [9.17, 15) is 43.5 Å². The maximum Gasteiger partial charge on any atom is 0.472 e. The summed E-state index contributed by atoms with van der Waals surface area (Å²) in [4.78, 5) is 58.7. The molecular weight excluding hydrogens is 1390 g/mol. The van der Waals surface area contributed by atoms with Crippen molar-refractivity contribution in [1.29, 1.82) is 0 Å². The van der Waals surface area contributed by atoms with Crippen LogP contribution in [0.5, 0.6) is 0 Å². The summed E-state index contributed by atoms with van der Waals surface area (Å²) in [5, 5.41) is 20.7. The van der Waals surface area contributed by atoms with Gasteiger partial charge in [-0.15, -0.1) is 0 Å². The van der Waals surface area contributed by atoms with Crippen molar-refractivity contribution < 1.29 is 75.8 Å². The quantitative estimate of drug-likeness (QED) is 0.0146. The third-order valence-corrected chi connectivity index (χ3v) is 18.5. The predicted octanol–water partition coefficient (Wildman–Crippen LogP) is 24.5. The molecule has 0 amide bonds. The van der Waals surface area contributed by atoms with Gasteiger partial charge in [0.15, 0.2) is 6.10 Å². The summed E-state index contributed by atoms with van der Waals surface area (Å²) < 4.78 is 61.1. The molecule has 0 saturated carbocycles. The largest absolute Gasteiger partial charge is 0.472 e. The van der Waals surface area contributed by atoms with Crippen molar-refractivity contribution in [3.63, 3.8) is 0 Å². The third-order valence-electron chi connectivity index (χ3n) is 16.6. The summed E-state index contributed by atoms with van der Waals surface area (Å²) in [6.07, 6.45) is 104. The fourth-order valence-electron chi connectivity index (χ4n) is 10.4. The van der Waals surface area contributed by atoms with E-state index in [1.54, 1.807) is 0 Å². The van der Waals surface area contributed by atoms with Crippen LogP contribution < -0.4 is 0 Å². The number of carbonyl (C=O) groups is 3. The number of aliphatic hydroxyl groups is 2. The Kier molecular flexibility index (Phi) is 76.2. The average molecular weight is 1530 g/mol. The van der Waals surface area contributed by atoms with Gasteiger partial charge in [0.05, 0.1) is 26.4 Å². The molecule has 0 aliphatic heterocycles. The van der Waals surface area contributed by atoms with Crippen LogP contribution in [-0.2, 0) is 55.8 Å². The third kappa shape index (κ3) is 81.5. The molecule has 0 aromatic carbocycles. The summed E-state index contributed by atoms with van der Waals surface area (Å²) in [5.41, 5.74) is 0. The van der Waals surface area contributed by atoms with Gasteiger partial charge in [-0.2, -0.15) is 0 Å². The number of hydrogen-bond acceptors (Lipinski definition) is 14. The van der Waals surface area contributed by atoms with Crippen LogP contribution in [-0.4, -0.2) is 95.9 Å². The molecule has 18 heteroatoms. The van der Waals surface area contributed by atoms with Gasteiger partial charge in [-0.1, -0.05) is 312 Å². The van der Waals surface area contributed by atoms with Crippen LogP contribution in [0.2, 0.25) is 0 Å². The minimum atomic E-state index is -4.96. The second-order valence-corrected chi connectivity index (χ2v) is 29.7. The number of unbranched alkanes of at least 4 members (excludes halogenated alkanes) is 23. The van der Waals surface area contributed by atoms with Crippen molar-refractivity contribution in [3.05, 3.63) is 182 Å². The van der Waals surface area contributed by atoms with Crippen LogP contribution in [0.3, 0.4) is 0 Å². The van der Waals surface area contributed by atoms with Crippen molar-refractivity contribution in [2.75, 3.05) is 39.6 Å². The molecule has 5 atom stereocenters. The smallest absolute Gasteiger partial charge is 0.463 e. The Morgan fingerprint density at radius 2 is 0.505 bits per heavy atom. The van der Waals surface area contributed by atoms with Crippen LogP contribution in [0.1, 0.15) is 303 Å². The molecule has 0 bridgehead atoms. The van der Waals surface area contributed by atoms with Crippen molar-refractivity contribution in [1.82, 2.24) is 0 Å². The minimum absolute atomic E-state index is 0.0159. The van der Waals surface area contributed by atoms with E-state index in [1.807, 2.05) is 12.2 Å². The zero-order valence-electron chi connectivity index (χ0n) is 66.5. The molecule has 608 valence electrons. The van der Waals surface area contributed by atoms with E-state index in [0.29, 0.717) is 25.7 Å². The van der Waals surface area contributed by atoms with Gasteiger partial charge in [-0.25, -0.2) is 9.13 Å². The molecule has 0 radical (unpaired) electrons. The molecule has 16 nitrogen and oxygen atoms in total. The highest BCUT2D eigenvalue weighted by Gasteiger charge is 2.29. The van der Waals surface area contributed by atoms with E-state index < -0.39 is 91.5 Å². The standard InChI is InChI=1S/C89H146O16P2/c1-4-7-10-13-16-19-22-25-28-31-33-35-36-37-38-39-40-41-42-43-44-45-46-48-50-52-54-57-60-63-66-69-72-75-87(92)99-78-84(90)79-101-106(95,96)102-80-85(91)81-103-107(97,98)104-83-86(105-89(94)77-74-71-68-65-62-59-56-51-30-27-24-21-18-15-12-9-6-3)82-100-88(93)76-73-70-67-64-61-58-55-53-49-47-34-32-29-26-23-20-17-14-11-8-5-2/h7,9-10,12,16-21,25-30,33-35,37-38,40-41,47,53,55-56,59,65,68,84-86,90-91H,4-6,8,11,13-15,22-24,31-32,36,39,42-46,48-52,54,57-58,60-64,66-67,69-83H2,1-3H3,(H,95,96)(H,97,98)/b10-7-,12-9-,19-16-,20-17-,21-18-,28-25-,29-26-,30-27-,35-33-,38-37-,41-40-,47-34-,55-53-,59-56-,68-65-. The first-order valence-electron chi connectivity index (χ1n) is 41.1. The van der Waals surface area contributed by atoms with Crippen LogP contribution in [0.4, 0.5) is 0 Å². The maximum atomic E-state index is 13.0. The number of esters is 3. The average Bonchev–Trinajstić information content (AvgIpc) is 0.907. The lowest BCUT2D eigenvalue weighted by atomic mass is 10.0. The Hall–Kier alpha value is -5.35. The molecular formula is C89H146O16P2. The van der Waals surface area contributed by atoms with Crippen molar-refractivity contribution in [2.24, 2.45) is 0 Å². The predicted molar refractivity (Wildman–Crippen MR) is 445 cm³/mol. The summed E-state index contributed by atoms with van der Waals surface area (Å²) >= 11 is 0. The van der Waals surface area contributed by atoms with Crippen molar-refractivity contribution >= 4 is 33.6 Å². The van der Waals surface area contributed by atoms with E-state index in [0.717, 1.165) is 154 Å². The molecule has 107 heavy (non-hydrogen) atoms. The summed E-state index contributed by atoms with van der Waals surface area (Å²) in [6, 6.07) is 0. The van der Waals surface area contributed by atoms with Crippen LogP contribution >= 0.6 is 15.6 Å². The zero-order chi connectivity index (χ0) is 78.0. The Balaban J connectivity index is 4.56. The molecule has 0 aromatic heterocycles. The number of carbonyl (C=O) groups excluding carboxylic acids is 3. The molecule has 0 aliphatic rings. The molecule has 0 heterocycles. The molecule has 5 unspecified atom stereocenters. The fourth-order valence-corrected chi connectivity index (χ4v) is 12.0. The van der Waals surface area contributed by atoms with E-state index in [4.69, 9.17) is 32.3 Å². The van der Waals surface area contributed by atoms with E-state index in [2.05, 4.69) is 191 Å². The van der Waals surface area contributed by atoms with E-state index in [-0.39, 0.29) is 19.3 Å². The first-order chi connectivity index (χ1) is 52.2. The monoisotopic (exact) mass is 1530 g/mol. The van der Waals surface area contributed by atoms with Crippen molar-refractivity contribution in [3.8, 4) is 0 Å². The Morgan fingerprint density at radius 1 is 0.271 bits per heavy atom. The second kappa shape index (κ2) is 80.2. The summed E-state index contributed by atoms with van der Waals surface area (Å²) in [5.74, 6) is -1.67. The number of aliphatic hydroxyl groups excluding tert-OH is 2. The lowest BCUT2D eigenvalue weighted by Crippen LogP contribution is -2.30. The lowest BCUT2D eigenvalue weighted by Gasteiger charge is -2.21. The fraction of sp³-hybridized carbons (Fsp3) is 0.629. The number of ether oxygens (including phenoxy) is 3. The van der Waals surface area contributed by atoms with Gasteiger partial charge < -0.3 is 34.2 Å². The SMILES string of the molecule is CC/C=C\C/C=C\C/C=C\C/C=C\C/C=C\C/C=C\CCCCCCCCCCCCCCCCC(=O)OCC(O)COP(=O)(O)OCC(O)COP(=O)(O)OCC(COC(=O)CCCCCCC/C=C\C/C=C\C/C=C\C/C=C\CCCCC)OC(=O)CCC/C=C\C/C=C\C/C=C\C/C=C\C/C=C\CC. The topological polar surface area (TPSA) is 231 Å². The second-order valence-electron chi connectivity index (χ2n) is 26.8. The highest BCUT2D eigenvalue weighted by Crippen LogP contribution is 2.45. The molecule has 0 spiro atoms.